The van der Waals surface area contributed by atoms with Crippen molar-refractivity contribution in [2.75, 3.05) is 13.2 Å². The second kappa shape index (κ2) is 10.2. The first-order valence-corrected chi connectivity index (χ1v) is 8.06. The molecule has 0 aliphatic rings. The van der Waals surface area contributed by atoms with Crippen molar-refractivity contribution in [3.05, 3.63) is 35.9 Å². The Morgan fingerprint density at radius 2 is 1.48 bits per heavy atom. The van der Waals surface area contributed by atoms with E-state index in [2.05, 4.69) is 0 Å². The molecule has 0 saturated carbocycles. The molecule has 0 aromatic heterocycles. The van der Waals surface area contributed by atoms with Crippen molar-refractivity contribution < 1.29 is 28.7 Å². The highest BCUT2D eigenvalue weighted by Gasteiger charge is 2.38. The molecule has 0 atom stereocenters. The van der Waals surface area contributed by atoms with Crippen molar-refractivity contribution in [1.29, 1.82) is 0 Å². The van der Waals surface area contributed by atoms with Gasteiger partial charge in [0.1, 0.15) is 5.78 Å². The average molecular weight is 349 g/mol. The van der Waals surface area contributed by atoms with Gasteiger partial charge in [0.25, 0.3) is 0 Å². The summed E-state index contributed by atoms with van der Waals surface area (Å²) < 4.78 is 9.85. The number of ketones is 1. The van der Waals surface area contributed by atoms with E-state index in [1.807, 2.05) is 0 Å². The third-order valence-electron chi connectivity index (χ3n) is 3.25. The zero-order chi connectivity index (χ0) is 18.8. The Labute approximate surface area is 146 Å². The normalized spacial score (nSPS) is 10.2. The third-order valence-corrected chi connectivity index (χ3v) is 3.25. The molecule has 1 rings (SSSR count). The molecular formula is C18H23NO6. The van der Waals surface area contributed by atoms with Crippen LogP contribution < -0.4 is 0 Å². The summed E-state index contributed by atoms with van der Waals surface area (Å²) in [6.07, 6.45) is -0.415. The van der Waals surface area contributed by atoms with E-state index in [0.717, 1.165) is 4.90 Å². The summed E-state index contributed by atoms with van der Waals surface area (Å²) >= 11 is 0. The van der Waals surface area contributed by atoms with Gasteiger partial charge in [-0.25, -0.2) is 9.59 Å². The third kappa shape index (κ3) is 6.37. The number of Topliss-reactive ketones (excluding diaryl/α,β-unsaturated/α-hetero) is 1. The predicted octanol–water partition coefficient (Wildman–Crippen LogP) is 1.49. The Hall–Kier alpha value is -2.70. The fourth-order valence-corrected chi connectivity index (χ4v) is 2.21. The Morgan fingerprint density at radius 3 is 1.92 bits per heavy atom. The summed E-state index contributed by atoms with van der Waals surface area (Å²) in [4.78, 5) is 49.4. The van der Waals surface area contributed by atoms with Gasteiger partial charge in [-0.3, -0.25) is 9.59 Å². The number of carbonyl (C=O) groups excluding carboxylic acids is 4. The second-order valence-corrected chi connectivity index (χ2v) is 5.29. The Bertz CT molecular complexity index is 595. The molecule has 25 heavy (non-hydrogen) atoms. The SMILES string of the molecule is CCOC(=O)C(C(=O)OCC)N(Cc1ccccc1)C(=O)CC(C)=O. The van der Waals surface area contributed by atoms with Crippen LogP contribution in [0.2, 0.25) is 0 Å². The predicted molar refractivity (Wildman–Crippen MR) is 89.3 cm³/mol. The molecule has 7 nitrogen and oxygen atoms in total. The van der Waals surface area contributed by atoms with Gasteiger partial charge in [0.05, 0.1) is 19.6 Å². The minimum absolute atomic E-state index is 0.0186. The minimum Gasteiger partial charge on any atom is -0.464 e. The first kappa shape index (κ1) is 20.3. The molecule has 0 radical (unpaired) electrons. The number of hydrogen-bond acceptors (Lipinski definition) is 6. The number of ether oxygens (including phenoxy) is 2. The van der Waals surface area contributed by atoms with E-state index in [9.17, 15) is 19.2 Å². The van der Waals surface area contributed by atoms with Gasteiger partial charge in [0.2, 0.25) is 11.9 Å². The lowest BCUT2D eigenvalue weighted by molar-refractivity contribution is -0.168. The van der Waals surface area contributed by atoms with E-state index in [4.69, 9.17) is 9.47 Å². The number of benzene rings is 1. The van der Waals surface area contributed by atoms with Gasteiger partial charge >= 0.3 is 11.9 Å². The number of rotatable bonds is 9. The van der Waals surface area contributed by atoms with Crippen LogP contribution in [0.15, 0.2) is 30.3 Å². The standard InChI is InChI=1S/C18H23NO6/c1-4-24-17(22)16(18(23)25-5-2)19(15(21)11-13(3)20)12-14-9-7-6-8-10-14/h6-10,16H,4-5,11-12H2,1-3H3. The van der Waals surface area contributed by atoms with Crippen LogP contribution in [0.25, 0.3) is 0 Å². The van der Waals surface area contributed by atoms with Crippen LogP contribution in [0.5, 0.6) is 0 Å². The summed E-state index contributed by atoms with van der Waals surface area (Å²) in [7, 11) is 0. The zero-order valence-electron chi connectivity index (χ0n) is 14.7. The maximum atomic E-state index is 12.5. The molecule has 0 saturated heterocycles. The number of hydrogen-bond donors (Lipinski definition) is 0. The van der Waals surface area contributed by atoms with Gasteiger partial charge in [-0.1, -0.05) is 30.3 Å². The molecule has 0 aliphatic heterocycles. The van der Waals surface area contributed by atoms with Crippen molar-refractivity contribution in [1.82, 2.24) is 4.90 Å². The highest BCUT2D eigenvalue weighted by Crippen LogP contribution is 2.14. The molecule has 0 bridgehead atoms. The van der Waals surface area contributed by atoms with Crippen LogP contribution in [-0.2, 0) is 35.2 Å². The first-order chi connectivity index (χ1) is 11.9. The van der Waals surface area contributed by atoms with Gasteiger partial charge in [0.15, 0.2) is 0 Å². The molecule has 7 heteroatoms. The summed E-state index contributed by atoms with van der Waals surface area (Å²) in [5.41, 5.74) is 0.706. The van der Waals surface area contributed by atoms with E-state index >= 15 is 0 Å². The van der Waals surface area contributed by atoms with Crippen LogP contribution >= 0.6 is 0 Å². The molecular weight excluding hydrogens is 326 g/mol. The molecule has 0 unspecified atom stereocenters. The van der Waals surface area contributed by atoms with Gasteiger partial charge in [-0.15, -0.1) is 0 Å². The fourth-order valence-electron chi connectivity index (χ4n) is 2.21. The number of esters is 2. The monoisotopic (exact) mass is 349 g/mol. The van der Waals surface area contributed by atoms with Crippen LogP contribution in [-0.4, -0.2) is 47.8 Å². The van der Waals surface area contributed by atoms with Gasteiger partial charge in [0, 0.05) is 6.54 Å². The van der Waals surface area contributed by atoms with E-state index in [1.54, 1.807) is 44.2 Å². The molecule has 136 valence electrons. The van der Waals surface area contributed by atoms with Crippen molar-refractivity contribution in [3.8, 4) is 0 Å². The van der Waals surface area contributed by atoms with E-state index < -0.39 is 30.3 Å². The van der Waals surface area contributed by atoms with Gasteiger partial charge < -0.3 is 14.4 Å². The Morgan fingerprint density at radius 1 is 0.960 bits per heavy atom. The second-order valence-electron chi connectivity index (χ2n) is 5.29. The van der Waals surface area contributed by atoms with Crippen LogP contribution in [0.1, 0.15) is 32.8 Å². The summed E-state index contributed by atoms with van der Waals surface area (Å²) in [5, 5.41) is 0. The molecule has 1 aromatic carbocycles. The molecule has 0 N–H and O–H groups in total. The quantitative estimate of drug-likeness (QED) is 0.496. The maximum Gasteiger partial charge on any atom is 0.340 e. The molecule has 1 amide bonds. The molecule has 0 aliphatic carbocycles. The van der Waals surface area contributed by atoms with E-state index in [1.165, 1.54) is 6.92 Å². The van der Waals surface area contributed by atoms with Crippen molar-refractivity contribution in [3.63, 3.8) is 0 Å². The Kier molecular flexibility index (Phi) is 8.32. The summed E-state index contributed by atoms with van der Waals surface area (Å²) in [5.74, 6) is -2.76. The molecule has 1 aromatic rings. The van der Waals surface area contributed by atoms with Crippen molar-refractivity contribution >= 4 is 23.6 Å². The average Bonchev–Trinajstić information content (AvgIpc) is 2.55. The topological polar surface area (TPSA) is 90.0 Å². The number of amides is 1. The zero-order valence-corrected chi connectivity index (χ0v) is 14.7. The smallest absolute Gasteiger partial charge is 0.340 e. The Balaban J connectivity index is 3.21. The molecule has 0 fully saturated rings. The molecule has 0 spiro atoms. The molecule has 0 heterocycles. The largest absolute Gasteiger partial charge is 0.464 e. The van der Waals surface area contributed by atoms with Crippen molar-refractivity contribution in [2.24, 2.45) is 0 Å². The lowest BCUT2D eigenvalue weighted by Crippen LogP contribution is -2.51. The van der Waals surface area contributed by atoms with Crippen LogP contribution in [0.3, 0.4) is 0 Å². The van der Waals surface area contributed by atoms with E-state index in [-0.39, 0.29) is 25.5 Å². The van der Waals surface area contributed by atoms with Crippen LogP contribution in [0.4, 0.5) is 0 Å². The van der Waals surface area contributed by atoms with Crippen LogP contribution in [0, 0.1) is 0 Å². The van der Waals surface area contributed by atoms with Gasteiger partial charge in [-0.05, 0) is 26.3 Å². The first-order valence-electron chi connectivity index (χ1n) is 8.06. The number of nitrogens with zero attached hydrogens (tertiary/aromatic N) is 1. The minimum atomic E-state index is -1.55. The highest BCUT2D eigenvalue weighted by molar-refractivity contribution is 6.05. The van der Waals surface area contributed by atoms with Gasteiger partial charge in [-0.2, -0.15) is 0 Å². The maximum absolute atomic E-state index is 12.5. The summed E-state index contributed by atoms with van der Waals surface area (Å²) in [6, 6.07) is 7.30. The van der Waals surface area contributed by atoms with Crippen molar-refractivity contribution in [2.45, 2.75) is 39.8 Å². The highest BCUT2D eigenvalue weighted by atomic mass is 16.6. The van der Waals surface area contributed by atoms with E-state index in [0.29, 0.717) is 5.56 Å². The summed E-state index contributed by atoms with van der Waals surface area (Å²) in [6.45, 7) is 4.54. The number of carbonyl (C=O) groups is 4. The lowest BCUT2D eigenvalue weighted by Gasteiger charge is -2.28. The lowest BCUT2D eigenvalue weighted by atomic mass is 10.1. The fraction of sp³-hybridized carbons (Fsp3) is 0.444.